The number of aromatic nitrogens is 1. The average Bonchev–Trinajstić information content (AvgIpc) is 2.62. The quantitative estimate of drug-likeness (QED) is 0.765. The van der Waals surface area contributed by atoms with Gasteiger partial charge in [0.15, 0.2) is 0 Å². The molecule has 3 atom stereocenters. The van der Waals surface area contributed by atoms with Crippen LogP contribution in [0.5, 0.6) is 0 Å². The Kier molecular flexibility index (Phi) is 6.75. The van der Waals surface area contributed by atoms with Crippen LogP contribution < -0.4 is 11.3 Å². The molecule has 2 N–H and O–H groups in total. The highest BCUT2D eigenvalue weighted by molar-refractivity contribution is 5.83. The number of carbonyl (C=O) groups excluding carboxylic acids is 2. The number of pyridine rings is 1. The van der Waals surface area contributed by atoms with Gasteiger partial charge in [0.2, 0.25) is 5.91 Å². The van der Waals surface area contributed by atoms with E-state index < -0.39 is 11.9 Å². The Balaban J connectivity index is 2.18. The summed E-state index contributed by atoms with van der Waals surface area (Å²) in [4.78, 5) is 38.4. The second-order valence-electron chi connectivity index (χ2n) is 6.63. The fraction of sp³-hybridized carbons (Fsp3) is 0.611. The van der Waals surface area contributed by atoms with Crippen molar-refractivity contribution in [1.82, 2.24) is 9.47 Å². The summed E-state index contributed by atoms with van der Waals surface area (Å²) in [6, 6.07) is 4.71. The molecule has 1 saturated carbocycles. The molecule has 0 radical (unpaired) electrons. The summed E-state index contributed by atoms with van der Waals surface area (Å²) >= 11 is 0. The van der Waals surface area contributed by atoms with Gasteiger partial charge in [0.1, 0.15) is 0 Å². The summed E-state index contributed by atoms with van der Waals surface area (Å²) in [6.45, 7) is 0.139. The first-order chi connectivity index (χ1) is 11.9. The fourth-order valence-electron chi connectivity index (χ4n) is 3.44. The molecule has 1 fully saturated rings. The lowest BCUT2D eigenvalue weighted by Crippen LogP contribution is -2.52. The largest absolute Gasteiger partial charge is 0.469 e. The van der Waals surface area contributed by atoms with Crippen molar-refractivity contribution in [3.63, 3.8) is 0 Å². The molecule has 0 bridgehead atoms. The number of nitrogens with two attached hydrogens (primary N) is 1. The summed E-state index contributed by atoms with van der Waals surface area (Å²) in [7, 11) is 3.02. The van der Waals surface area contributed by atoms with Gasteiger partial charge in [-0.25, -0.2) is 0 Å². The Morgan fingerprint density at radius 1 is 1.36 bits per heavy atom. The lowest BCUT2D eigenvalue weighted by Gasteiger charge is -2.37. The molecule has 1 unspecified atom stereocenters. The Labute approximate surface area is 147 Å². The van der Waals surface area contributed by atoms with Crippen molar-refractivity contribution >= 4 is 11.9 Å². The van der Waals surface area contributed by atoms with Crippen molar-refractivity contribution in [3.8, 4) is 0 Å². The van der Waals surface area contributed by atoms with E-state index in [1.807, 2.05) is 0 Å². The van der Waals surface area contributed by atoms with E-state index in [0.29, 0.717) is 0 Å². The van der Waals surface area contributed by atoms with Gasteiger partial charge in [-0.05, 0) is 18.9 Å². The van der Waals surface area contributed by atoms with Crippen LogP contribution in [0, 0.1) is 5.92 Å². The third kappa shape index (κ3) is 4.92. The summed E-state index contributed by atoms with van der Waals surface area (Å²) in [6.07, 6.45) is 5.41. The minimum Gasteiger partial charge on any atom is -0.469 e. The van der Waals surface area contributed by atoms with E-state index in [4.69, 9.17) is 10.5 Å². The number of nitrogens with zero attached hydrogens (tertiary/aromatic N) is 2. The molecule has 1 heterocycles. The lowest BCUT2D eigenvalue weighted by molar-refractivity contribution is -0.148. The zero-order valence-electron chi connectivity index (χ0n) is 14.9. The fourth-order valence-corrected chi connectivity index (χ4v) is 3.44. The maximum absolute atomic E-state index is 13.0. The maximum atomic E-state index is 13.0. The molecular formula is C18H27N3O4. The zero-order valence-corrected chi connectivity index (χ0v) is 14.9. The highest BCUT2D eigenvalue weighted by Crippen LogP contribution is 2.23. The molecule has 138 valence electrons. The van der Waals surface area contributed by atoms with Crippen molar-refractivity contribution in [3.05, 3.63) is 34.7 Å². The number of carbonyl (C=O) groups is 2. The highest BCUT2D eigenvalue weighted by atomic mass is 16.5. The second-order valence-corrected chi connectivity index (χ2v) is 6.63. The molecule has 1 aliphatic rings. The Morgan fingerprint density at radius 2 is 2.08 bits per heavy atom. The molecule has 0 aromatic carbocycles. The minimum atomic E-state index is -0.660. The van der Waals surface area contributed by atoms with Gasteiger partial charge in [-0.3, -0.25) is 14.4 Å². The second kappa shape index (κ2) is 8.80. The predicted molar refractivity (Wildman–Crippen MR) is 93.8 cm³/mol. The molecule has 1 aromatic rings. The van der Waals surface area contributed by atoms with Crippen molar-refractivity contribution in [1.29, 1.82) is 0 Å². The zero-order chi connectivity index (χ0) is 18.4. The Bertz CT molecular complexity index is 658. The van der Waals surface area contributed by atoms with Gasteiger partial charge in [-0.15, -0.1) is 0 Å². The van der Waals surface area contributed by atoms with Gasteiger partial charge in [0.05, 0.1) is 19.4 Å². The third-order valence-electron chi connectivity index (χ3n) is 4.93. The van der Waals surface area contributed by atoms with Gasteiger partial charge in [0, 0.05) is 37.9 Å². The molecular weight excluding hydrogens is 322 g/mol. The molecule has 1 aromatic heterocycles. The van der Waals surface area contributed by atoms with Crippen LogP contribution in [0.3, 0.4) is 0 Å². The van der Waals surface area contributed by atoms with Crippen LogP contribution in [-0.2, 0) is 20.9 Å². The van der Waals surface area contributed by atoms with Crippen molar-refractivity contribution in [2.24, 2.45) is 11.7 Å². The normalized spacial score (nSPS) is 21.4. The van der Waals surface area contributed by atoms with E-state index >= 15 is 0 Å². The van der Waals surface area contributed by atoms with Gasteiger partial charge in [-0.2, -0.15) is 0 Å². The van der Waals surface area contributed by atoms with Crippen LogP contribution >= 0.6 is 0 Å². The van der Waals surface area contributed by atoms with Crippen molar-refractivity contribution < 1.29 is 14.3 Å². The maximum Gasteiger partial charge on any atom is 0.306 e. The molecule has 1 amide bonds. The molecule has 7 heteroatoms. The SMILES string of the molecule is COC(=O)CC(Cn1ccccc1=O)C(=O)N(C)[C@H]1CCCC[C@@H]1N. The van der Waals surface area contributed by atoms with Gasteiger partial charge in [0.25, 0.3) is 5.56 Å². The number of rotatable bonds is 6. The molecule has 1 aliphatic carbocycles. The molecule has 2 rings (SSSR count). The Hall–Kier alpha value is -2.15. The van der Waals surface area contributed by atoms with Gasteiger partial charge >= 0.3 is 5.97 Å². The van der Waals surface area contributed by atoms with Crippen LogP contribution in [-0.4, -0.2) is 47.6 Å². The van der Waals surface area contributed by atoms with E-state index in [0.717, 1.165) is 25.7 Å². The highest BCUT2D eigenvalue weighted by Gasteiger charge is 2.33. The standard InChI is InChI=1S/C18H27N3O4/c1-20(15-8-4-3-7-14(15)19)18(24)13(11-17(23)25-2)12-21-10-6-5-9-16(21)22/h5-6,9-10,13-15H,3-4,7-8,11-12,19H2,1-2H3/t13?,14-,15-/m0/s1. The van der Waals surface area contributed by atoms with Crippen LogP contribution in [0.15, 0.2) is 29.2 Å². The monoisotopic (exact) mass is 349 g/mol. The first-order valence-electron chi connectivity index (χ1n) is 8.68. The third-order valence-corrected chi connectivity index (χ3v) is 4.93. The summed E-state index contributed by atoms with van der Waals surface area (Å²) < 4.78 is 6.17. The number of hydrogen-bond donors (Lipinski definition) is 1. The Morgan fingerprint density at radius 3 is 2.72 bits per heavy atom. The number of ether oxygens (including phenoxy) is 1. The van der Waals surface area contributed by atoms with Crippen LogP contribution in [0.2, 0.25) is 0 Å². The van der Waals surface area contributed by atoms with Crippen LogP contribution in [0.4, 0.5) is 0 Å². The molecule has 7 nitrogen and oxygen atoms in total. The van der Waals surface area contributed by atoms with Crippen molar-refractivity contribution in [2.45, 2.75) is 50.7 Å². The van der Waals surface area contributed by atoms with Gasteiger partial charge in [-0.1, -0.05) is 18.9 Å². The predicted octanol–water partition coefficient (Wildman–Crippen LogP) is 0.756. The first kappa shape index (κ1) is 19.2. The smallest absolute Gasteiger partial charge is 0.306 e. The van der Waals surface area contributed by atoms with Crippen molar-refractivity contribution in [2.75, 3.05) is 14.2 Å². The lowest BCUT2D eigenvalue weighted by atomic mass is 9.89. The molecule has 25 heavy (non-hydrogen) atoms. The number of likely N-dealkylation sites (N-methyl/N-ethyl adjacent to an activating group) is 1. The number of amides is 1. The first-order valence-corrected chi connectivity index (χ1v) is 8.68. The average molecular weight is 349 g/mol. The topological polar surface area (TPSA) is 94.6 Å². The molecule has 0 saturated heterocycles. The number of hydrogen-bond acceptors (Lipinski definition) is 5. The summed E-state index contributed by atoms with van der Waals surface area (Å²) in [5.74, 6) is -1.31. The summed E-state index contributed by atoms with van der Waals surface area (Å²) in [5.41, 5.74) is 5.97. The molecule has 0 spiro atoms. The van der Waals surface area contributed by atoms with E-state index in [9.17, 15) is 14.4 Å². The number of methoxy groups -OCH3 is 1. The van der Waals surface area contributed by atoms with Crippen LogP contribution in [0.25, 0.3) is 0 Å². The number of esters is 1. The molecule has 0 aliphatic heterocycles. The van der Waals surface area contributed by atoms with E-state index in [2.05, 4.69) is 0 Å². The van der Waals surface area contributed by atoms with E-state index in [-0.39, 0.29) is 36.5 Å². The van der Waals surface area contributed by atoms with Gasteiger partial charge < -0.3 is 19.9 Å². The van der Waals surface area contributed by atoms with E-state index in [1.165, 1.54) is 17.7 Å². The van der Waals surface area contributed by atoms with E-state index in [1.54, 1.807) is 30.3 Å². The summed E-state index contributed by atoms with van der Waals surface area (Å²) in [5, 5.41) is 0. The van der Waals surface area contributed by atoms with Crippen LogP contribution in [0.1, 0.15) is 32.1 Å². The minimum absolute atomic E-state index is 0.0334.